The summed E-state index contributed by atoms with van der Waals surface area (Å²) in [5, 5.41) is 13.7. The molecule has 9 nitrogen and oxygen atoms in total. The lowest BCUT2D eigenvalue weighted by Gasteiger charge is -2.24. The molecule has 3 aromatic carbocycles. The Morgan fingerprint density at radius 2 is 1.74 bits per heavy atom. The zero-order valence-electron chi connectivity index (χ0n) is 19.2. The van der Waals surface area contributed by atoms with Gasteiger partial charge in [0, 0.05) is 0 Å². The van der Waals surface area contributed by atoms with Gasteiger partial charge in [0.15, 0.2) is 11.5 Å². The van der Waals surface area contributed by atoms with Gasteiger partial charge in [0.1, 0.15) is 12.3 Å². The summed E-state index contributed by atoms with van der Waals surface area (Å²) in [5.74, 6) is -0.119. The van der Waals surface area contributed by atoms with Crippen molar-refractivity contribution in [1.29, 1.82) is 0 Å². The van der Waals surface area contributed by atoms with E-state index in [0.717, 1.165) is 9.87 Å². The molecular formula is C24H24ClN3O6S. The minimum Gasteiger partial charge on any atom is -0.504 e. The molecule has 11 heteroatoms. The fourth-order valence-corrected chi connectivity index (χ4v) is 4.75. The van der Waals surface area contributed by atoms with Crippen molar-refractivity contribution in [3.8, 4) is 17.2 Å². The molecule has 184 valence electrons. The number of hydrogen-bond donors (Lipinski definition) is 2. The Kier molecular flexibility index (Phi) is 8.21. The molecule has 0 unspecified atom stereocenters. The number of aromatic hydroxyl groups is 1. The summed E-state index contributed by atoms with van der Waals surface area (Å²) in [4.78, 5) is 12.7. The number of benzene rings is 3. The zero-order valence-corrected chi connectivity index (χ0v) is 20.8. The van der Waals surface area contributed by atoms with Gasteiger partial charge in [0.25, 0.3) is 15.9 Å². The highest BCUT2D eigenvalue weighted by molar-refractivity contribution is 7.92. The lowest BCUT2D eigenvalue weighted by molar-refractivity contribution is -0.119. The second-order valence-electron chi connectivity index (χ2n) is 7.37. The number of phenols is 1. The van der Waals surface area contributed by atoms with Crippen LogP contribution in [-0.2, 0) is 14.8 Å². The van der Waals surface area contributed by atoms with Crippen LogP contribution in [0.5, 0.6) is 17.2 Å². The van der Waals surface area contributed by atoms with E-state index in [4.69, 9.17) is 21.1 Å². The number of amides is 1. The first-order chi connectivity index (χ1) is 16.6. The summed E-state index contributed by atoms with van der Waals surface area (Å²) < 4.78 is 38.0. The van der Waals surface area contributed by atoms with E-state index in [9.17, 15) is 18.3 Å². The minimum atomic E-state index is -4.12. The van der Waals surface area contributed by atoms with Gasteiger partial charge >= 0.3 is 0 Å². The Bertz CT molecular complexity index is 1340. The van der Waals surface area contributed by atoms with Crippen LogP contribution < -0.4 is 19.2 Å². The lowest BCUT2D eigenvalue weighted by atomic mass is 10.2. The van der Waals surface area contributed by atoms with Crippen molar-refractivity contribution in [3.05, 3.63) is 76.8 Å². The summed E-state index contributed by atoms with van der Waals surface area (Å²) >= 11 is 6.22. The highest BCUT2D eigenvalue weighted by Crippen LogP contribution is 2.32. The van der Waals surface area contributed by atoms with Crippen LogP contribution in [0.3, 0.4) is 0 Å². The average Bonchev–Trinajstić information content (AvgIpc) is 2.83. The molecule has 3 rings (SSSR count). The third-order valence-corrected chi connectivity index (χ3v) is 7.01. The number of anilines is 1. The number of methoxy groups -OCH3 is 2. The molecule has 0 atom stereocenters. The molecule has 0 bridgehead atoms. The first-order valence-corrected chi connectivity index (χ1v) is 12.1. The van der Waals surface area contributed by atoms with Crippen molar-refractivity contribution in [3.63, 3.8) is 0 Å². The van der Waals surface area contributed by atoms with Gasteiger partial charge in [-0.1, -0.05) is 29.3 Å². The largest absolute Gasteiger partial charge is 0.504 e. The number of carbonyl (C=O) groups is 1. The molecule has 0 heterocycles. The van der Waals surface area contributed by atoms with Gasteiger partial charge in [0.2, 0.25) is 0 Å². The third-order valence-electron chi connectivity index (χ3n) is 4.93. The average molecular weight is 518 g/mol. The van der Waals surface area contributed by atoms with Crippen molar-refractivity contribution >= 4 is 39.4 Å². The topological polar surface area (TPSA) is 118 Å². The van der Waals surface area contributed by atoms with Crippen LogP contribution in [0.1, 0.15) is 11.1 Å². The van der Waals surface area contributed by atoms with E-state index in [0.29, 0.717) is 11.3 Å². The molecule has 3 aromatic rings. The first-order valence-electron chi connectivity index (χ1n) is 10.3. The Morgan fingerprint density at radius 3 is 2.37 bits per heavy atom. The maximum atomic E-state index is 13.4. The number of nitrogens with zero attached hydrogens (tertiary/aromatic N) is 2. The van der Waals surface area contributed by atoms with Crippen molar-refractivity contribution in [1.82, 2.24) is 5.43 Å². The zero-order chi connectivity index (χ0) is 25.6. The smallest absolute Gasteiger partial charge is 0.264 e. The summed E-state index contributed by atoms with van der Waals surface area (Å²) in [6, 6.07) is 15.2. The van der Waals surface area contributed by atoms with E-state index in [1.165, 1.54) is 62.9 Å². The Labute approximate surface area is 208 Å². The highest BCUT2D eigenvalue weighted by Gasteiger charge is 2.27. The van der Waals surface area contributed by atoms with Gasteiger partial charge in [-0.2, -0.15) is 5.10 Å². The highest BCUT2D eigenvalue weighted by atomic mass is 35.5. The van der Waals surface area contributed by atoms with E-state index < -0.39 is 22.5 Å². The lowest BCUT2D eigenvalue weighted by Crippen LogP contribution is -2.39. The Balaban J connectivity index is 1.87. The molecule has 0 radical (unpaired) electrons. The molecule has 0 fully saturated rings. The maximum absolute atomic E-state index is 13.4. The van der Waals surface area contributed by atoms with E-state index in [-0.39, 0.29) is 27.1 Å². The number of carbonyl (C=O) groups excluding carboxylic acids is 1. The van der Waals surface area contributed by atoms with E-state index in [1.54, 1.807) is 18.2 Å². The van der Waals surface area contributed by atoms with Gasteiger partial charge < -0.3 is 14.6 Å². The molecule has 1 amide bonds. The molecule has 35 heavy (non-hydrogen) atoms. The number of sulfonamides is 1. The van der Waals surface area contributed by atoms with Gasteiger partial charge in [-0.05, 0) is 61.0 Å². The summed E-state index contributed by atoms with van der Waals surface area (Å²) in [5.41, 5.74) is 3.93. The molecule has 0 aromatic heterocycles. The van der Waals surface area contributed by atoms with Crippen LogP contribution in [0.15, 0.2) is 70.7 Å². The molecular weight excluding hydrogens is 494 g/mol. The van der Waals surface area contributed by atoms with Crippen molar-refractivity contribution in [2.24, 2.45) is 5.10 Å². The maximum Gasteiger partial charge on any atom is 0.264 e. The number of rotatable bonds is 9. The van der Waals surface area contributed by atoms with Crippen LogP contribution >= 0.6 is 11.6 Å². The number of aryl methyl sites for hydroxylation is 1. The van der Waals surface area contributed by atoms with E-state index in [1.807, 2.05) is 6.92 Å². The molecule has 0 saturated carbocycles. The second-order valence-corrected chi connectivity index (χ2v) is 9.64. The summed E-state index contributed by atoms with van der Waals surface area (Å²) in [6.07, 6.45) is 1.34. The Hall–Kier alpha value is -3.76. The number of nitrogens with one attached hydrogen (secondary N) is 1. The van der Waals surface area contributed by atoms with Crippen LogP contribution in [-0.4, -0.2) is 46.4 Å². The van der Waals surface area contributed by atoms with Crippen LogP contribution in [0.25, 0.3) is 0 Å². The molecule has 0 aliphatic rings. The predicted molar refractivity (Wildman–Crippen MR) is 134 cm³/mol. The number of hydrogen-bond acceptors (Lipinski definition) is 7. The van der Waals surface area contributed by atoms with Gasteiger partial charge in [-0.15, -0.1) is 0 Å². The molecule has 2 N–H and O–H groups in total. The second kappa shape index (κ2) is 11.1. The van der Waals surface area contributed by atoms with Crippen LogP contribution in [0, 0.1) is 6.92 Å². The quantitative estimate of drug-likeness (QED) is 0.330. The fraction of sp³-hybridized carbons (Fsp3) is 0.167. The van der Waals surface area contributed by atoms with E-state index in [2.05, 4.69) is 10.5 Å². The predicted octanol–water partition coefficient (Wildman–Crippen LogP) is 3.72. The van der Waals surface area contributed by atoms with Crippen molar-refractivity contribution in [2.75, 3.05) is 25.1 Å². The number of ether oxygens (including phenoxy) is 2. The molecule has 0 spiro atoms. The number of halogens is 1. The standard InChI is InChI=1S/C24H24ClN3O6S/c1-16-4-8-19(9-5-16)35(31,32)28(18-7-11-22(33-2)20(25)13-18)15-24(30)27-26-14-17-6-10-21(29)23(12-17)34-3/h4-14,29H,15H2,1-3H3,(H,27,30)/b26-14-. The minimum absolute atomic E-state index is 0.0162. The molecule has 0 aliphatic heterocycles. The summed E-state index contributed by atoms with van der Waals surface area (Å²) in [7, 11) is -1.27. The SMILES string of the molecule is COc1cc(/C=N\NC(=O)CN(c2ccc(OC)c(Cl)c2)S(=O)(=O)c2ccc(C)cc2)ccc1O. The normalized spacial score (nSPS) is 11.3. The molecule has 0 aliphatic carbocycles. The monoisotopic (exact) mass is 517 g/mol. The van der Waals surface area contributed by atoms with Crippen LogP contribution in [0.4, 0.5) is 5.69 Å². The summed E-state index contributed by atoms with van der Waals surface area (Å²) in [6.45, 7) is 1.28. The number of hydrazone groups is 1. The van der Waals surface area contributed by atoms with Gasteiger partial charge in [0.05, 0.1) is 36.0 Å². The van der Waals surface area contributed by atoms with Gasteiger partial charge in [-0.3, -0.25) is 9.10 Å². The molecule has 0 saturated heterocycles. The Morgan fingerprint density at radius 1 is 1.06 bits per heavy atom. The van der Waals surface area contributed by atoms with Gasteiger partial charge in [-0.25, -0.2) is 13.8 Å². The van der Waals surface area contributed by atoms with E-state index >= 15 is 0 Å². The first kappa shape index (κ1) is 25.9. The van der Waals surface area contributed by atoms with Crippen molar-refractivity contribution < 1.29 is 27.8 Å². The fourth-order valence-electron chi connectivity index (χ4n) is 3.08. The third kappa shape index (κ3) is 6.23. The van der Waals surface area contributed by atoms with Crippen molar-refractivity contribution in [2.45, 2.75) is 11.8 Å². The van der Waals surface area contributed by atoms with Crippen LogP contribution in [0.2, 0.25) is 5.02 Å². The number of phenolic OH excluding ortho intramolecular Hbond substituents is 1.